The first kappa shape index (κ1) is 14.2. The molecule has 0 aliphatic rings. The largest absolute Gasteiger partial charge is 0.491 e. The van der Waals surface area contributed by atoms with Crippen LogP contribution in [0.5, 0.6) is 5.75 Å². The maximum absolute atomic E-state index is 6.09. The number of anilines is 3. The summed E-state index contributed by atoms with van der Waals surface area (Å²) in [5.74, 6) is 1.68. The third-order valence-electron chi connectivity index (χ3n) is 2.98. The van der Waals surface area contributed by atoms with Crippen LogP contribution in [0.15, 0.2) is 24.3 Å². The summed E-state index contributed by atoms with van der Waals surface area (Å²) in [6.07, 6.45) is 0.997. The van der Waals surface area contributed by atoms with Crippen molar-refractivity contribution in [1.29, 1.82) is 0 Å². The van der Waals surface area contributed by atoms with Crippen LogP contribution in [0, 0.1) is 0 Å². The number of aromatic nitrogens is 2. The molecule has 108 valence electrons. The van der Waals surface area contributed by atoms with Gasteiger partial charge in [0.25, 0.3) is 0 Å². The Kier molecular flexibility index (Phi) is 4.17. The molecule has 3 N–H and O–H groups in total. The van der Waals surface area contributed by atoms with Crippen molar-refractivity contribution in [2.75, 3.05) is 11.1 Å². The first-order chi connectivity index (χ1) is 9.51. The average molecular weight is 274 g/mol. The zero-order chi connectivity index (χ0) is 14.7. The number of nitrogens with two attached hydrogens (primary N) is 1. The highest BCUT2D eigenvalue weighted by Crippen LogP contribution is 2.27. The van der Waals surface area contributed by atoms with Gasteiger partial charge in [0.2, 0.25) is 0 Å². The summed E-state index contributed by atoms with van der Waals surface area (Å²) in [5, 5.41) is 7.68. The number of hydrogen-bond acceptors (Lipinski definition) is 4. The molecule has 0 bridgehead atoms. The van der Waals surface area contributed by atoms with Gasteiger partial charge in [0.1, 0.15) is 5.75 Å². The molecule has 1 aromatic heterocycles. The molecule has 1 aromatic carbocycles. The second kappa shape index (κ2) is 5.86. The lowest BCUT2D eigenvalue weighted by Gasteiger charge is -2.11. The van der Waals surface area contributed by atoms with Crippen molar-refractivity contribution in [3.05, 3.63) is 30.0 Å². The zero-order valence-corrected chi connectivity index (χ0v) is 12.5. The smallest absolute Gasteiger partial charge is 0.152 e. The molecule has 0 saturated heterocycles. The number of nitrogens with zero attached hydrogens (tertiary/aromatic N) is 2. The maximum Gasteiger partial charge on any atom is 0.152 e. The van der Waals surface area contributed by atoms with E-state index in [0.29, 0.717) is 5.69 Å². The molecule has 0 aliphatic carbocycles. The van der Waals surface area contributed by atoms with Crippen molar-refractivity contribution in [2.24, 2.45) is 7.05 Å². The van der Waals surface area contributed by atoms with Gasteiger partial charge in [-0.05, 0) is 44.5 Å². The number of ether oxygens (including phenoxy) is 1. The molecule has 0 atom stereocenters. The number of nitrogens with one attached hydrogen (secondary N) is 1. The van der Waals surface area contributed by atoms with Crippen molar-refractivity contribution in [2.45, 2.75) is 33.3 Å². The molecule has 0 fully saturated rings. The number of rotatable bonds is 5. The Hall–Kier alpha value is -2.17. The normalized spacial score (nSPS) is 10.8. The minimum absolute atomic E-state index is 0.175. The maximum atomic E-state index is 6.09. The van der Waals surface area contributed by atoms with E-state index < -0.39 is 0 Å². The number of nitrogen functional groups attached to an aromatic ring is 1. The number of benzene rings is 1. The van der Waals surface area contributed by atoms with Crippen molar-refractivity contribution >= 4 is 17.2 Å². The van der Waals surface area contributed by atoms with Crippen molar-refractivity contribution in [1.82, 2.24) is 9.78 Å². The highest BCUT2D eigenvalue weighted by Gasteiger charge is 2.11. The Balaban J connectivity index is 2.16. The first-order valence-electron chi connectivity index (χ1n) is 6.86. The highest BCUT2D eigenvalue weighted by atomic mass is 16.5. The minimum atomic E-state index is 0.175. The Bertz CT molecular complexity index is 572. The van der Waals surface area contributed by atoms with Gasteiger partial charge in [-0.15, -0.1) is 0 Å². The van der Waals surface area contributed by atoms with Crippen LogP contribution >= 0.6 is 0 Å². The van der Waals surface area contributed by atoms with E-state index >= 15 is 0 Å². The lowest BCUT2D eigenvalue weighted by atomic mass is 10.2. The predicted molar refractivity (Wildman–Crippen MR) is 82.5 cm³/mol. The molecule has 2 rings (SSSR count). The summed E-state index contributed by atoms with van der Waals surface area (Å²) in [7, 11) is 1.88. The molecule has 5 heteroatoms. The van der Waals surface area contributed by atoms with Crippen LogP contribution in [0.2, 0.25) is 0 Å². The SMILES string of the molecule is CCc1nn(C)c(Nc2ccc(OC(C)C)cc2)c1N. The molecule has 0 amide bonds. The first-order valence-corrected chi connectivity index (χ1v) is 6.86. The number of hydrogen-bond donors (Lipinski definition) is 2. The zero-order valence-electron chi connectivity index (χ0n) is 12.5. The monoisotopic (exact) mass is 274 g/mol. The van der Waals surface area contributed by atoms with Crippen LogP contribution in [0.25, 0.3) is 0 Å². The van der Waals surface area contributed by atoms with E-state index in [-0.39, 0.29) is 6.10 Å². The van der Waals surface area contributed by atoms with Gasteiger partial charge in [0.15, 0.2) is 5.82 Å². The van der Waals surface area contributed by atoms with Gasteiger partial charge in [-0.2, -0.15) is 5.10 Å². The van der Waals surface area contributed by atoms with Gasteiger partial charge < -0.3 is 15.8 Å². The fourth-order valence-corrected chi connectivity index (χ4v) is 2.03. The minimum Gasteiger partial charge on any atom is -0.491 e. The molecule has 2 aromatic rings. The van der Waals surface area contributed by atoms with Crippen LogP contribution in [-0.2, 0) is 13.5 Å². The molecular weight excluding hydrogens is 252 g/mol. The average Bonchev–Trinajstić information content (AvgIpc) is 2.67. The van der Waals surface area contributed by atoms with Gasteiger partial charge in [-0.1, -0.05) is 6.92 Å². The Morgan fingerprint density at radius 2 is 1.95 bits per heavy atom. The van der Waals surface area contributed by atoms with Crippen LogP contribution in [-0.4, -0.2) is 15.9 Å². The van der Waals surface area contributed by atoms with Crippen LogP contribution in [0.4, 0.5) is 17.2 Å². The van der Waals surface area contributed by atoms with Crippen LogP contribution in [0.3, 0.4) is 0 Å². The summed E-state index contributed by atoms with van der Waals surface area (Å²) >= 11 is 0. The predicted octanol–water partition coefficient (Wildman–Crippen LogP) is 3.10. The summed E-state index contributed by atoms with van der Waals surface area (Å²) in [6, 6.07) is 7.82. The van der Waals surface area contributed by atoms with E-state index in [0.717, 1.165) is 29.4 Å². The van der Waals surface area contributed by atoms with Gasteiger partial charge in [-0.3, -0.25) is 4.68 Å². The third-order valence-corrected chi connectivity index (χ3v) is 2.98. The second-order valence-corrected chi connectivity index (χ2v) is 5.00. The van der Waals surface area contributed by atoms with Gasteiger partial charge in [-0.25, -0.2) is 0 Å². The fourth-order valence-electron chi connectivity index (χ4n) is 2.03. The Morgan fingerprint density at radius 1 is 1.30 bits per heavy atom. The summed E-state index contributed by atoms with van der Waals surface area (Å²) in [4.78, 5) is 0. The topological polar surface area (TPSA) is 65.1 Å². The second-order valence-electron chi connectivity index (χ2n) is 5.00. The molecule has 0 aliphatic heterocycles. The van der Waals surface area contributed by atoms with E-state index in [1.54, 1.807) is 4.68 Å². The lowest BCUT2D eigenvalue weighted by molar-refractivity contribution is 0.242. The Labute approximate surface area is 119 Å². The molecule has 0 unspecified atom stereocenters. The number of aryl methyl sites for hydroxylation is 2. The summed E-state index contributed by atoms with van der Waals surface area (Å²) < 4.78 is 7.39. The fraction of sp³-hybridized carbons (Fsp3) is 0.400. The molecule has 0 radical (unpaired) electrons. The quantitative estimate of drug-likeness (QED) is 0.879. The Morgan fingerprint density at radius 3 is 2.45 bits per heavy atom. The van der Waals surface area contributed by atoms with E-state index in [1.165, 1.54) is 0 Å². The van der Waals surface area contributed by atoms with Crippen LogP contribution < -0.4 is 15.8 Å². The van der Waals surface area contributed by atoms with Gasteiger partial charge >= 0.3 is 0 Å². The lowest BCUT2D eigenvalue weighted by Crippen LogP contribution is -2.05. The standard InChI is InChI=1S/C15H22N4O/c1-5-13-14(16)15(19(4)18-13)17-11-6-8-12(9-7-11)20-10(2)3/h6-10,17H,5,16H2,1-4H3. The van der Waals surface area contributed by atoms with Gasteiger partial charge in [0, 0.05) is 12.7 Å². The summed E-state index contributed by atoms with van der Waals surface area (Å²) in [5.41, 5.74) is 8.66. The van der Waals surface area contributed by atoms with E-state index in [2.05, 4.69) is 10.4 Å². The molecule has 0 saturated carbocycles. The van der Waals surface area contributed by atoms with Gasteiger partial charge in [0.05, 0.1) is 17.5 Å². The van der Waals surface area contributed by atoms with E-state index in [9.17, 15) is 0 Å². The van der Waals surface area contributed by atoms with E-state index in [4.69, 9.17) is 10.5 Å². The molecule has 5 nitrogen and oxygen atoms in total. The van der Waals surface area contributed by atoms with Crippen LogP contribution in [0.1, 0.15) is 26.5 Å². The third kappa shape index (κ3) is 3.04. The van der Waals surface area contributed by atoms with Crippen molar-refractivity contribution in [3.63, 3.8) is 0 Å². The highest BCUT2D eigenvalue weighted by molar-refractivity contribution is 5.71. The van der Waals surface area contributed by atoms with Crippen molar-refractivity contribution in [3.8, 4) is 5.75 Å². The van der Waals surface area contributed by atoms with E-state index in [1.807, 2.05) is 52.1 Å². The van der Waals surface area contributed by atoms with Crippen molar-refractivity contribution < 1.29 is 4.74 Å². The molecular formula is C15H22N4O. The molecule has 20 heavy (non-hydrogen) atoms. The molecule has 1 heterocycles. The summed E-state index contributed by atoms with van der Waals surface area (Å²) in [6.45, 7) is 6.06. The molecule has 0 spiro atoms.